The molecule has 0 radical (unpaired) electrons. The van der Waals surface area contributed by atoms with E-state index in [-0.39, 0.29) is 18.3 Å². The lowest BCUT2D eigenvalue weighted by atomic mass is 9.88. The summed E-state index contributed by atoms with van der Waals surface area (Å²) in [5.41, 5.74) is 0. The Labute approximate surface area is 74.2 Å². The van der Waals surface area contributed by atoms with Gasteiger partial charge in [-0.15, -0.1) is 0 Å². The molecule has 12 heavy (non-hydrogen) atoms. The minimum Gasteiger partial charge on any atom is -0.389 e. The Morgan fingerprint density at radius 1 is 1.58 bits per heavy atom. The summed E-state index contributed by atoms with van der Waals surface area (Å²) in [6.07, 6.45) is 0.966. The lowest BCUT2D eigenvalue weighted by Gasteiger charge is -2.20. The van der Waals surface area contributed by atoms with Crippen LogP contribution in [-0.2, 0) is 4.79 Å². The van der Waals surface area contributed by atoms with Crippen LogP contribution in [0.1, 0.15) is 20.3 Å². The number of rotatable bonds is 6. The highest BCUT2D eigenvalue weighted by Crippen LogP contribution is 2.15. The molecule has 0 saturated heterocycles. The second kappa shape index (κ2) is 6.14. The van der Waals surface area contributed by atoms with Gasteiger partial charge in [0, 0.05) is 5.92 Å². The van der Waals surface area contributed by atoms with Gasteiger partial charge in [-0.1, -0.05) is 20.3 Å². The van der Waals surface area contributed by atoms with Crippen molar-refractivity contribution in [3.05, 3.63) is 0 Å². The molecule has 0 aliphatic rings. The lowest BCUT2D eigenvalue weighted by molar-refractivity contribution is -0.126. The van der Waals surface area contributed by atoms with Crippen LogP contribution in [0.25, 0.3) is 0 Å². The summed E-state index contributed by atoms with van der Waals surface area (Å²) in [5.74, 6) is 0.249. The normalized spacial score (nSPS) is 15.7. The average Bonchev–Trinajstić information content (AvgIpc) is 2.11. The SMILES string of the molecule is CCC(CNC)C(C)C(=O)CO. The van der Waals surface area contributed by atoms with Crippen LogP contribution in [-0.4, -0.2) is 31.1 Å². The molecular weight excluding hydrogens is 154 g/mol. The van der Waals surface area contributed by atoms with E-state index in [0.29, 0.717) is 5.92 Å². The third-order valence-corrected chi connectivity index (χ3v) is 2.36. The van der Waals surface area contributed by atoms with Crippen molar-refractivity contribution in [3.63, 3.8) is 0 Å². The van der Waals surface area contributed by atoms with Crippen molar-refractivity contribution in [2.24, 2.45) is 11.8 Å². The molecule has 0 heterocycles. The van der Waals surface area contributed by atoms with E-state index in [2.05, 4.69) is 12.2 Å². The standard InChI is InChI=1S/C9H19NO2/c1-4-8(5-10-3)7(2)9(12)6-11/h7-8,10-11H,4-6H2,1-3H3. The highest BCUT2D eigenvalue weighted by Gasteiger charge is 2.20. The number of hydrogen-bond acceptors (Lipinski definition) is 3. The van der Waals surface area contributed by atoms with Crippen LogP contribution in [0, 0.1) is 11.8 Å². The van der Waals surface area contributed by atoms with E-state index in [1.165, 1.54) is 0 Å². The highest BCUT2D eigenvalue weighted by molar-refractivity contribution is 5.81. The van der Waals surface area contributed by atoms with Crippen molar-refractivity contribution < 1.29 is 9.90 Å². The van der Waals surface area contributed by atoms with E-state index in [1.807, 2.05) is 14.0 Å². The van der Waals surface area contributed by atoms with Gasteiger partial charge in [0.15, 0.2) is 5.78 Å². The monoisotopic (exact) mass is 173 g/mol. The summed E-state index contributed by atoms with van der Waals surface area (Å²) in [6, 6.07) is 0. The van der Waals surface area contributed by atoms with E-state index >= 15 is 0 Å². The molecule has 0 bridgehead atoms. The van der Waals surface area contributed by atoms with Gasteiger partial charge in [0.05, 0.1) is 0 Å². The molecule has 0 aliphatic carbocycles. The van der Waals surface area contributed by atoms with Crippen LogP contribution < -0.4 is 5.32 Å². The summed E-state index contributed by atoms with van der Waals surface area (Å²) < 4.78 is 0. The maximum atomic E-state index is 11.1. The smallest absolute Gasteiger partial charge is 0.161 e. The first-order valence-corrected chi connectivity index (χ1v) is 4.45. The van der Waals surface area contributed by atoms with Crippen molar-refractivity contribution in [3.8, 4) is 0 Å². The lowest BCUT2D eigenvalue weighted by Crippen LogP contribution is -2.30. The molecule has 3 heteroatoms. The fourth-order valence-corrected chi connectivity index (χ4v) is 1.34. The second-order valence-electron chi connectivity index (χ2n) is 3.14. The number of ketones is 1. The van der Waals surface area contributed by atoms with Crippen LogP contribution in [0.4, 0.5) is 0 Å². The molecule has 0 spiro atoms. The molecule has 0 aliphatic heterocycles. The van der Waals surface area contributed by atoms with E-state index in [9.17, 15) is 4.79 Å². The summed E-state index contributed by atoms with van der Waals surface area (Å²) in [4.78, 5) is 11.1. The number of carbonyl (C=O) groups is 1. The number of nitrogens with one attached hydrogen (secondary N) is 1. The highest BCUT2D eigenvalue weighted by atomic mass is 16.3. The van der Waals surface area contributed by atoms with Crippen molar-refractivity contribution in [2.75, 3.05) is 20.2 Å². The molecular formula is C9H19NO2. The molecule has 0 saturated carbocycles. The molecule has 0 aromatic heterocycles. The second-order valence-corrected chi connectivity index (χ2v) is 3.14. The molecule has 3 nitrogen and oxygen atoms in total. The Kier molecular flexibility index (Phi) is 5.93. The first kappa shape index (κ1) is 11.6. The Morgan fingerprint density at radius 2 is 2.17 bits per heavy atom. The van der Waals surface area contributed by atoms with Crippen LogP contribution in [0.5, 0.6) is 0 Å². The molecule has 2 N–H and O–H groups in total. The van der Waals surface area contributed by atoms with Gasteiger partial charge in [0.1, 0.15) is 6.61 Å². The molecule has 2 unspecified atom stereocenters. The van der Waals surface area contributed by atoms with Crippen LogP contribution in [0.3, 0.4) is 0 Å². The predicted molar refractivity (Wildman–Crippen MR) is 49.0 cm³/mol. The van der Waals surface area contributed by atoms with E-state index in [1.54, 1.807) is 0 Å². The van der Waals surface area contributed by atoms with E-state index in [4.69, 9.17) is 5.11 Å². The van der Waals surface area contributed by atoms with Gasteiger partial charge in [0.25, 0.3) is 0 Å². The Hall–Kier alpha value is -0.410. The third-order valence-electron chi connectivity index (χ3n) is 2.36. The van der Waals surface area contributed by atoms with Crippen molar-refractivity contribution in [2.45, 2.75) is 20.3 Å². The molecule has 0 aromatic carbocycles. The number of carbonyl (C=O) groups excluding carboxylic acids is 1. The molecule has 0 rings (SSSR count). The van der Waals surface area contributed by atoms with Crippen LogP contribution in [0.2, 0.25) is 0 Å². The van der Waals surface area contributed by atoms with Gasteiger partial charge in [0.2, 0.25) is 0 Å². The zero-order valence-electron chi connectivity index (χ0n) is 8.13. The van der Waals surface area contributed by atoms with Gasteiger partial charge in [-0.3, -0.25) is 4.79 Å². The fourth-order valence-electron chi connectivity index (χ4n) is 1.34. The first-order chi connectivity index (χ1) is 5.67. The zero-order valence-corrected chi connectivity index (χ0v) is 8.13. The number of aliphatic hydroxyl groups is 1. The maximum Gasteiger partial charge on any atom is 0.161 e. The van der Waals surface area contributed by atoms with Crippen LogP contribution in [0.15, 0.2) is 0 Å². The fraction of sp³-hybridized carbons (Fsp3) is 0.889. The van der Waals surface area contributed by atoms with Crippen molar-refractivity contribution in [1.82, 2.24) is 5.32 Å². The van der Waals surface area contributed by atoms with Crippen molar-refractivity contribution in [1.29, 1.82) is 0 Å². The largest absolute Gasteiger partial charge is 0.389 e. The molecule has 0 fully saturated rings. The van der Waals surface area contributed by atoms with E-state index < -0.39 is 0 Å². The first-order valence-electron chi connectivity index (χ1n) is 4.45. The van der Waals surface area contributed by atoms with Gasteiger partial charge in [-0.05, 0) is 19.5 Å². The number of aliphatic hydroxyl groups excluding tert-OH is 1. The minimum absolute atomic E-state index is 0.0348. The number of Topliss-reactive ketones (excluding diaryl/α,β-unsaturated/α-hetero) is 1. The quantitative estimate of drug-likeness (QED) is 0.612. The van der Waals surface area contributed by atoms with Gasteiger partial charge < -0.3 is 10.4 Å². The Morgan fingerprint density at radius 3 is 2.50 bits per heavy atom. The maximum absolute atomic E-state index is 11.1. The summed E-state index contributed by atoms with van der Waals surface area (Å²) in [7, 11) is 1.87. The van der Waals surface area contributed by atoms with Crippen LogP contribution >= 0.6 is 0 Å². The molecule has 2 atom stereocenters. The number of hydrogen-bond donors (Lipinski definition) is 2. The molecule has 72 valence electrons. The van der Waals surface area contributed by atoms with E-state index in [0.717, 1.165) is 13.0 Å². The summed E-state index contributed by atoms with van der Waals surface area (Å²) in [6.45, 7) is 4.44. The molecule has 0 amide bonds. The average molecular weight is 173 g/mol. The summed E-state index contributed by atoms with van der Waals surface area (Å²) in [5, 5.41) is 11.7. The van der Waals surface area contributed by atoms with Gasteiger partial charge in [-0.2, -0.15) is 0 Å². The minimum atomic E-state index is -0.332. The van der Waals surface area contributed by atoms with Gasteiger partial charge >= 0.3 is 0 Å². The van der Waals surface area contributed by atoms with Crippen molar-refractivity contribution >= 4 is 5.78 Å². The van der Waals surface area contributed by atoms with Gasteiger partial charge in [-0.25, -0.2) is 0 Å². The Bertz CT molecular complexity index is 136. The Balaban J connectivity index is 4.00. The predicted octanol–water partition coefficient (Wildman–Crippen LogP) is 0.429. The third kappa shape index (κ3) is 3.32. The topological polar surface area (TPSA) is 49.3 Å². The zero-order chi connectivity index (χ0) is 9.56. The molecule has 0 aromatic rings. The summed E-state index contributed by atoms with van der Waals surface area (Å²) >= 11 is 0.